The fourth-order valence-corrected chi connectivity index (χ4v) is 3.54. The molecule has 2 amide bonds. The van der Waals surface area contributed by atoms with Gasteiger partial charge in [0.25, 0.3) is 0 Å². The molecule has 2 aliphatic carbocycles. The average molecular weight is 307 g/mol. The Morgan fingerprint density at radius 3 is 2.52 bits per heavy atom. The van der Waals surface area contributed by atoms with Crippen molar-refractivity contribution >= 4 is 17.4 Å². The summed E-state index contributed by atoms with van der Waals surface area (Å²) >= 11 is 1.65. The number of hydrogen-bond donors (Lipinski definition) is 1. The summed E-state index contributed by atoms with van der Waals surface area (Å²) in [6, 6.07) is 0.941. The van der Waals surface area contributed by atoms with Crippen molar-refractivity contribution in [1.29, 1.82) is 0 Å². The minimum Gasteiger partial charge on any atom is -0.328 e. The Morgan fingerprint density at radius 1 is 1.33 bits per heavy atom. The number of aromatic nitrogens is 1. The molecule has 0 aromatic carbocycles. The third-order valence-electron chi connectivity index (χ3n) is 4.67. The van der Waals surface area contributed by atoms with E-state index in [1.165, 1.54) is 12.8 Å². The second-order valence-electron chi connectivity index (χ2n) is 6.76. The smallest absolute Gasteiger partial charge is 0.318 e. The van der Waals surface area contributed by atoms with Crippen LogP contribution in [0.15, 0.2) is 11.6 Å². The van der Waals surface area contributed by atoms with E-state index in [9.17, 15) is 4.79 Å². The number of nitrogens with zero attached hydrogens (tertiary/aromatic N) is 2. The van der Waals surface area contributed by atoms with Gasteiger partial charge in [-0.1, -0.05) is 13.8 Å². The van der Waals surface area contributed by atoms with Crippen LogP contribution in [0.3, 0.4) is 0 Å². The molecule has 1 aromatic rings. The highest BCUT2D eigenvalue weighted by Crippen LogP contribution is 2.42. The van der Waals surface area contributed by atoms with Crippen LogP contribution < -0.4 is 5.32 Å². The molecule has 1 aromatic heterocycles. The number of hydrogen-bond acceptors (Lipinski definition) is 3. The quantitative estimate of drug-likeness (QED) is 0.868. The summed E-state index contributed by atoms with van der Waals surface area (Å²) in [5, 5.41) is 6.32. The molecule has 2 unspecified atom stereocenters. The molecule has 5 heteroatoms. The third kappa shape index (κ3) is 3.39. The SMILES string of the molecule is CC(C)C(C)N(C(=O)NC(c1nccs1)C1CC1)C1CC1. The summed E-state index contributed by atoms with van der Waals surface area (Å²) in [6.45, 7) is 6.54. The maximum absolute atomic E-state index is 12.8. The minimum atomic E-state index is 0.103. The topological polar surface area (TPSA) is 45.2 Å². The van der Waals surface area contributed by atoms with Crippen LogP contribution in [-0.4, -0.2) is 28.0 Å². The summed E-state index contributed by atoms with van der Waals surface area (Å²) in [5.41, 5.74) is 0. The number of carbonyl (C=O) groups is 1. The first-order valence-electron chi connectivity index (χ1n) is 8.06. The Hall–Kier alpha value is -1.10. The zero-order valence-electron chi connectivity index (χ0n) is 13.1. The maximum atomic E-state index is 12.8. The van der Waals surface area contributed by atoms with E-state index in [0.29, 0.717) is 17.9 Å². The zero-order valence-corrected chi connectivity index (χ0v) is 13.9. The number of carbonyl (C=O) groups excluding carboxylic acids is 1. The summed E-state index contributed by atoms with van der Waals surface area (Å²) in [6.07, 6.45) is 6.53. The van der Waals surface area contributed by atoms with Gasteiger partial charge in [0.2, 0.25) is 0 Å². The molecule has 2 atom stereocenters. The lowest BCUT2D eigenvalue weighted by molar-refractivity contribution is 0.152. The first kappa shape index (κ1) is 14.8. The van der Waals surface area contributed by atoms with Gasteiger partial charge in [0.05, 0.1) is 6.04 Å². The van der Waals surface area contributed by atoms with E-state index in [0.717, 1.165) is 17.8 Å². The number of thiazole rings is 1. The van der Waals surface area contributed by atoms with Gasteiger partial charge >= 0.3 is 6.03 Å². The molecular weight excluding hydrogens is 282 g/mol. The molecular formula is C16H25N3OS. The fraction of sp³-hybridized carbons (Fsp3) is 0.750. The van der Waals surface area contributed by atoms with Crippen LogP contribution in [0.1, 0.15) is 57.5 Å². The molecule has 2 fully saturated rings. The van der Waals surface area contributed by atoms with Gasteiger partial charge in [0, 0.05) is 23.7 Å². The van der Waals surface area contributed by atoms with Crippen LogP contribution >= 0.6 is 11.3 Å². The van der Waals surface area contributed by atoms with E-state index < -0.39 is 0 Å². The molecule has 3 rings (SSSR count). The Labute approximate surface area is 130 Å². The number of rotatable bonds is 6. The monoisotopic (exact) mass is 307 g/mol. The van der Waals surface area contributed by atoms with Crippen LogP contribution in [0.25, 0.3) is 0 Å². The third-order valence-corrected chi connectivity index (χ3v) is 5.53. The minimum absolute atomic E-state index is 0.103. The molecule has 4 nitrogen and oxygen atoms in total. The second kappa shape index (κ2) is 5.95. The van der Waals surface area contributed by atoms with Gasteiger partial charge in [0.15, 0.2) is 0 Å². The van der Waals surface area contributed by atoms with Crippen LogP contribution in [0.2, 0.25) is 0 Å². The van der Waals surface area contributed by atoms with Crippen molar-refractivity contribution in [2.75, 3.05) is 0 Å². The summed E-state index contributed by atoms with van der Waals surface area (Å²) in [4.78, 5) is 19.3. The Kier molecular flexibility index (Phi) is 4.20. The standard InChI is InChI=1S/C16H25N3OS/c1-10(2)11(3)19(13-6-7-13)16(20)18-14(12-4-5-12)15-17-8-9-21-15/h8-14H,4-7H2,1-3H3,(H,18,20). The van der Waals surface area contributed by atoms with Crippen molar-refractivity contribution < 1.29 is 4.79 Å². The van der Waals surface area contributed by atoms with E-state index >= 15 is 0 Å². The average Bonchev–Trinajstić information content (AvgIpc) is 3.36. The lowest BCUT2D eigenvalue weighted by Crippen LogP contribution is -2.49. The van der Waals surface area contributed by atoms with Gasteiger partial charge in [-0.3, -0.25) is 0 Å². The van der Waals surface area contributed by atoms with E-state index in [1.54, 1.807) is 11.3 Å². The van der Waals surface area contributed by atoms with Crippen molar-refractivity contribution in [2.24, 2.45) is 11.8 Å². The summed E-state index contributed by atoms with van der Waals surface area (Å²) in [5.74, 6) is 1.06. The molecule has 0 radical (unpaired) electrons. The predicted octanol–water partition coefficient (Wildman–Crippen LogP) is 3.81. The van der Waals surface area contributed by atoms with Crippen molar-refractivity contribution in [2.45, 2.75) is 64.6 Å². The fourth-order valence-electron chi connectivity index (χ4n) is 2.76. The zero-order chi connectivity index (χ0) is 15.0. The van der Waals surface area contributed by atoms with Crippen LogP contribution in [-0.2, 0) is 0 Å². The van der Waals surface area contributed by atoms with Gasteiger partial charge < -0.3 is 10.2 Å². The van der Waals surface area contributed by atoms with Crippen LogP contribution in [0.5, 0.6) is 0 Å². The van der Waals surface area contributed by atoms with Crippen molar-refractivity contribution in [3.8, 4) is 0 Å². The highest BCUT2D eigenvalue weighted by molar-refractivity contribution is 7.09. The lowest BCUT2D eigenvalue weighted by atomic mass is 10.0. The molecule has 0 saturated heterocycles. The van der Waals surface area contributed by atoms with Crippen LogP contribution in [0.4, 0.5) is 4.79 Å². The lowest BCUT2D eigenvalue weighted by Gasteiger charge is -2.33. The molecule has 0 bridgehead atoms. The molecule has 0 aliphatic heterocycles. The van der Waals surface area contributed by atoms with Crippen molar-refractivity contribution in [1.82, 2.24) is 15.2 Å². The maximum Gasteiger partial charge on any atom is 0.318 e. The van der Waals surface area contributed by atoms with Gasteiger partial charge in [-0.25, -0.2) is 9.78 Å². The highest BCUT2D eigenvalue weighted by Gasteiger charge is 2.40. The summed E-state index contributed by atoms with van der Waals surface area (Å²) < 4.78 is 0. The van der Waals surface area contributed by atoms with Gasteiger partial charge in [0.1, 0.15) is 5.01 Å². The molecule has 21 heavy (non-hydrogen) atoms. The number of urea groups is 1. The van der Waals surface area contributed by atoms with Crippen molar-refractivity contribution in [3.05, 3.63) is 16.6 Å². The molecule has 1 N–H and O–H groups in total. The van der Waals surface area contributed by atoms with Gasteiger partial charge in [-0.05, 0) is 44.4 Å². The number of amides is 2. The normalized spacial score (nSPS) is 21.1. The highest BCUT2D eigenvalue weighted by atomic mass is 32.1. The Balaban J connectivity index is 1.70. The van der Waals surface area contributed by atoms with E-state index in [1.807, 2.05) is 11.6 Å². The second-order valence-corrected chi connectivity index (χ2v) is 7.68. The summed E-state index contributed by atoms with van der Waals surface area (Å²) in [7, 11) is 0. The molecule has 1 heterocycles. The molecule has 2 aliphatic rings. The van der Waals surface area contributed by atoms with E-state index in [-0.39, 0.29) is 18.1 Å². The van der Waals surface area contributed by atoms with Crippen molar-refractivity contribution in [3.63, 3.8) is 0 Å². The van der Waals surface area contributed by atoms with Gasteiger partial charge in [-0.15, -0.1) is 11.3 Å². The van der Waals surface area contributed by atoms with E-state index in [4.69, 9.17) is 0 Å². The first-order chi connectivity index (χ1) is 10.1. The Morgan fingerprint density at radius 2 is 2.05 bits per heavy atom. The van der Waals surface area contributed by atoms with E-state index in [2.05, 4.69) is 36.0 Å². The molecule has 0 spiro atoms. The van der Waals surface area contributed by atoms with Gasteiger partial charge in [-0.2, -0.15) is 0 Å². The first-order valence-corrected chi connectivity index (χ1v) is 8.94. The molecule has 116 valence electrons. The number of nitrogens with one attached hydrogen (secondary N) is 1. The van der Waals surface area contributed by atoms with Crippen LogP contribution in [0, 0.1) is 11.8 Å². The predicted molar refractivity (Wildman–Crippen MR) is 85.3 cm³/mol. The Bertz CT molecular complexity index is 480. The largest absolute Gasteiger partial charge is 0.328 e. The molecule has 2 saturated carbocycles.